The summed E-state index contributed by atoms with van der Waals surface area (Å²) in [6, 6.07) is 7.36. The summed E-state index contributed by atoms with van der Waals surface area (Å²) in [6.07, 6.45) is 6.34. The van der Waals surface area contributed by atoms with Crippen LogP contribution in [0.5, 0.6) is 11.5 Å². The highest BCUT2D eigenvalue weighted by atomic mass is 32.1. The van der Waals surface area contributed by atoms with Gasteiger partial charge in [-0.1, -0.05) is 6.07 Å². The molecule has 0 saturated heterocycles. The van der Waals surface area contributed by atoms with Gasteiger partial charge in [-0.05, 0) is 24.4 Å². The second-order valence-corrected chi connectivity index (χ2v) is 7.42. The number of carbonyl (C=O) groups is 1. The van der Waals surface area contributed by atoms with E-state index in [0.29, 0.717) is 41.5 Å². The predicted octanol–water partition coefficient (Wildman–Crippen LogP) is 4.00. The van der Waals surface area contributed by atoms with Gasteiger partial charge >= 0.3 is 5.97 Å². The smallest absolute Gasteiger partial charge is 0.341 e. The predicted molar refractivity (Wildman–Crippen MR) is 117 cm³/mol. The fourth-order valence-corrected chi connectivity index (χ4v) is 4.04. The van der Waals surface area contributed by atoms with Gasteiger partial charge in [-0.25, -0.2) is 19.7 Å². The highest BCUT2D eigenvalue weighted by Gasteiger charge is 2.18. The zero-order valence-electron chi connectivity index (χ0n) is 16.8. The quantitative estimate of drug-likeness (QED) is 0.413. The van der Waals surface area contributed by atoms with Gasteiger partial charge in [0.2, 0.25) is 0 Å². The first kappa shape index (κ1) is 20.5. The maximum Gasteiger partial charge on any atom is 0.341 e. The summed E-state index contributed by atoms with van der Waals surface area (Å²) >= 11 is 1.42. The summed E-state index contributed by atoms with van der Waals surface area (Å²) in [4.78, 5) is 24.3. The molecular formula is C22H20N4O4S. The first-order valence-corrected chi connectivity index (χ1v) is 10.4. The van der Waals surface area contributed by atoms with Gasteiger partial charge in [0.05, 0.1) is 16.9 Å². The molecule has 0 atom stereocenters. The number of thiophene rings is 1. The van der Waals surface area contributed by atoms with Gasteiger partial charge in [0.1, 0.15) is 36.9 Å². The van der Waals surface area contributed by atoms with Gasteiger partial charge in [0, 0.05) is 41.2 Å². The highest BCUT2D eigenvalue weighted by molar-refractivity contribution is 7.17. The number of nitrogen functional groups attached to an aromatic ring is 1. The fourth-order valence-electron chi connectivity index (χ4n) is 2.98. The van der Waals surface area contributed by atoms with E-state index in [4.69, 9.17) is 19.9 Å². The Bertz CT molecular complexity index is 1200. The van der Waals surface area contributed by atoms with Crippen molar-refractivity contribution in [3.63, 3.8) is 0 Å². The molecule has 3 heterocycles. The Morgan fingerprint density at radius 2 is 1.84 bits per heavy atom. The van der Waals surface area contributed by atoms with E-state index in [1.165, 1.54) is 23.9 Å². The van der Waals surface area contributed by atoms with Gasteiger partial charge < -0.3 is 19.9 Å². The van der Waals surface area contributed by atoms with E-state index in [0.717, 1.165) is 15.8 Å². The van der Waals surface area contributed by atoms with Crippen LogP contribution in [-0.4, -0.2) is 27.5 Å². The number of carbonyl (C=O) groups excluding carboxylic acids is 1. The van der Waals surface area contributed by atoms with Gasteiger partial charge in [-0.2, -0.15) is 0 Å². The molecule has 0 aliphatic carbocycles. The van der Waals surface area contributed by atoms with Crippen molar-refractivity contribution < 1.29 is 19.0 Å². The lowest BCUT2D eigenvalue weighted by Gasteiger charge is -2.10. The molecule has 0 bridgehead atoms. The fraction of sp³-hybridized carbons (Fsp3) is 0.182. The molecule has 8 nitrogen and oxygen atoms in total. The molecule has 31 heavy (non-hydrogen) atoms. The number of fused-ring (bicyclic) bond motifs is 1. The average molecular weight is 436 g/mol. The van der Waals surface area contributed by atoms with Crippen LogP contribution in [0, 0.1) is 0 Å². The second kappa shape index (κ2) is 9.40. The standard InChI is InChI=1S/C22H20N4O4S/c1-2-28-22(27)18-9-26-21(23)19-15(12-31-20(18)19)11-30-17-5-3-4-16(6-17)29-10-14-7-24-13-25-8-14/h3-9,12-13H,2,10-11H2,1H3,(H2,23,26). The lowest BCUT2D eigenvalue weighted by Crippen LogP contribution is -2.06. The normalized spacial score (nSPS) is 10.7. The first-order chi connectivity index (χ1) is 15.2. The molecule has 1 aromatic carbocycles. The monoisotopic (exact) mass is 436 g/mol. The summed E-state index contributed by atoms with van der Waals surface area (Å²) in [7, 11) is 0. The van der Waals surface area contributed by atoms with Crippen molar-refractivity contribution >= 4 is 33.2 Å². The van der Waals surface area contributed by atoms with Gasteiger partial charge in [-0.15, -0.1) is 11.3 Å². The van der Waals surface area contributed by atoms with Gasteiger partial charge in [0.15, 0.2) is 0 Å². The minimum absolute atomic E-state index is 0.272. The maximum absolute atomic E-state index is 12.2. The van der Waals surface area contributed by atoms with E-state index in [-0.39, 0.29) is 6.61 Å². The molecule has 0 spiro atoms. The topological polar surface area (TPSA) is 109 Å². The Kier molecular flexibility index (Phi) is 6.23. The number of nitrogens with zero attached hydrogens (tertiary/aromatic N) is 3. The largest absolute Gasteiger partial charge is 0.489 e. The van der Waals surface area contributed by atoms with Gasteiger partial charge in [-0.3, -0.25) is 0 Å². The molecule has 0 saturated carbocycles. The van der Waals surface area contributed by atoms with Crippen LogP contribution >= 0.6 is 11.3 Å². The van der Waals surface area contributed by atoms with Crippen molar-refractivity contribution in [2.24, 2.45) is 0 Å². The number of esters is 1. The van der Waals surface area contributed by atoms with Crippen LogP contribution < -0.4 is 15.2 Å². The molecule has 4 aromatic rings. The number of nitrogens with two attached hydrogens (primary N) is 1. The van der Waals surface area contributed by atoms with E-state index < -0.39 is 5.97 Å². The zero-order chi connectivity index (χ0) is 21.6. The molecule has 0 unspecified atom stereocenters. The summed E-state index contributed by atoms with van der Waals surface area (Å²) < 4.78 is 17.6. The second-order valence-electron chi connectivity index (χ2n) is 6.54. The number of hydrogen-bond donors (Lipinski definition) is 1. The third-order valence-corrected chi connectivity index (χ3v) is 5.48. The van der Waals surface area contributed by atoms with Crippen LogP contribution in [0.15, 0.2) is 54.6 Å². The molecule has 3 aromatic heterocycles. The maximum atomic E-state index is 12.2. The zero-order valence-corrected chi connectivity index (χ0v) is 17.6. The molecule has 0 amide bonds. The van der Waals surface area contributed by atoms with Crippen molar-refractivity contribution in [2.75, 3.05) is 12.3 Å². The molecule has 4 rings (SSSR count). The number of benzene rings is 1. The molecule has 0 radical (unpaired) electrons. The summed E-state index contributed by atoms with van der Waals surface area (Å²) in [5.41, 5.74) is 8.22. The molecule has 0 fully saturated rings. The van der Waals surface area contributed by atoms with Crippen molar-refractivity contribution in [2.45, 2.75) is 20.1 Å². The lowest BCUT2D eigenvalue weighted by molar-refractivity contribution is 0.0528. The number of hydrogen-bond acceptors (Lipinski definition) is 9. The van der Waals surface area contributed by atoms with E-state index >= 15 is 0 Å². The van der Waals surface area contributed by atoms with Crippen molar-refractivity contribution in [1.82, 2.24) is 15.0 Å². The summed E-state index contributed by atoms with van der Waals surface area (Å²) in [5.74, 6) is 1.25. The Hall–Kier alpha value is -3.72. The van der Waals surface area contributed by atoms with Crippen LogP contribution in [0.1, 0.15) is 28.4 Å². The van der Waals surface area contributed by atoms with Crippen molar-refractivity contribution in [1.29, 1.82) is 0 Å². The average Bonchev–Trinajstić information content (AvgIpc) is 3.23. The number of ether oxygens (including phenoxy) is 3. The SMILES string of the molecule is CCOC(=O)c1cnc(N)c2c(COc3cccc(OCc4cncnc4)c3)csc12. The lowest BCUT2D eigenvalue weighted by atomic mass is 10.1. The summed E-state index contributed by atoms with van der Waals surface area (Å²) in [5, 5.41) is 2.63. The molecule has 0 aliphatic heterocycles. The number of anilines is 1. The van der Waals surface area contributed by atoms with Gasteiger partial charge in [0.25, 0.3) is 0 Å². The minimum Gasteiger partial charge on any atom is -0.489 e. The summed E-state index contributed by atoms with van der Waals surface area (Å²) in [6.45, 7) is 2.69. The minimum atomic E-state index is -0.414. The molecular weight excluding hydrogens is 416 g/mol. The van der Waals surface area contributed by atoms with E-state index in [1.54, 1.807) is 19.3 Å². The Morgan fingerprint density at radius 3 is 2.58 bits per heavy atom. The third kappa shape index (κ3) is 4.72. The molecule has 0 aliphatic rings. The van der Waals surface area contributed by atoms with Crippen LogP contribution in [0.3, 0.4) is 0 Å². The van der Waals surface area contributed by atoms with Crippen LogP contribution in [-0.2, 0) is 18.0 Å². The molecule has 9 heteroatoms. The van der Waals surface area contributed by atoms with E-state index in [2.05, 4.69) is 15.0 Å². The van der Waals surface area contributed by atoms with Crippen LogP contribution in [0.2, 0.25) is 0 Å². The third-order valence-electron chi connectivity index (χ3n) is 4.42. The van der Waals surface area contributed by atoms with Crippen molar-refractivity contribution in [3.8, 4) is 11.5 Å². The van der Waals surface area contributed by atoms with Crippen LogP contribution in [0.25, 0.3) is 10.1 Å². The Labute approximate surface area is 182 Å². The molecule has 2 N–H and O–H groups in total. The number of rotatable bonds is 8. The Morgan fingerprint density at radius 1 is 1.10 bits per heavy atom. The Balaban J connectivity index is 1.48. The number of aromatic nitrogens is 3. The number of pyridine rings is 1. The molecule has 158 valence electrons. The van der Waals surface area contributed by atoms with Crippen molar-refractivity contribution in [3.05, 3.63) is 71.3 Å². The van der Waals surface area contributed by atoms with E-state index in [1.807, 2.05) is 29.6 Å². The van der Waals surface area contributed by atoms with Crippen LogP contribution in [0.4, 0.5) is 5.82 Å². The highest BCUT2D eigenvalue weighted by Crippen LogP contribution is 2.33. The first-order valence-electron chi connectivity index (χ1n) is 9.57. The van der Waals surface area contributed by atoms with E-state index in [9.17, 15) is 4.79 Å².